The molecule has 0 aromatic heterocycles. The van der Waals surface area contributed by atoms with Gasteiger partial charge < -0.3 is 15.0 Å². The zero-order valence-corrected chi connectivity index (χ0v) is 20.8. The number of hydrogen-bond acceptors (Lipinski definition) is 4. The predicted octanol–water partition coefficient (Wildman–Crippen LogP) is 5.94. The summed E-state index contributed by atoms with van der Waals surface area (Å²) in [5.41, 5.74) is -4.76. The molecule has 1 N–H and O–H groups in total. The van der Waals surface area contributed by atoms with Crippen LogP contribution < -0.4 is 5.32 Å². The number of nitriles is 1. The van der Waals surface area contributed by atoms with Crippen molar-refractivity contribution in [2.45, 2.75) is 68.6 Å². The van der Waals surface area contributed by atoms with Crippen LogP contribution in [0.15, 0.2) is 42.5 Å². The monoisotopic (exact) mass is 541 g/mol. The number of ether oxygens (including phenoxy) is 1. The number of likely N-dealkylation sites (tertiary alicyclic amines) is 1. The van der Waals surface area contributed by atoms with E-state index >= 15 is 0 Å². The molecule has 2 saturated heterocycles. The second-order valence-electron chi connectivity index (χ2n) is 10.2. The van der Waals surface area contributed by atoms with Crippen LogP contribution in [0.1, 0.15) is 61.8 Å². The van der Waals surface area contributed by atoms with Gasteiger partial charge in [-0.05, 0) is 56.4 Å². The van der Waals surface area contributed by atoms with Gasteiger partial charge in [-0.3, -0.25) is 4.79 Å². The third kappa shape index (κ3) is 5.61. The number of nitrogens with one attached hydrogen (secondary N) is 1. The minimum absolute atomic E-state index is 0.00986. The normalized spacial score (nSPS) is 28.9. The lowest BCUT2D eigenvalue weighted by molar-refractivity contribution is -0.143. The maximum absolute atomic E-state index is 13.4. The highest BCUT2D eigenvalue weighted by molar-refractivity contribution is 5.79. The number of hydrogen-bond donors (Lipinski definition) is 1. The molecule has 0 saturated carbocycles. The van der Waals surface area contributed by atoms with Crippen LogP contribution in [0.2, 0.25) is 0 Å². The van der Waals surface area contributed by atoms with Gasteiger partial charge in [-0.2, -0.15) is 31.6 Å². The van der Waals surface area contributed by atoms with Crippen LogP contribution in [0.25, 0.3) is 0 Å². The van der Waals surface area contributed by atoms with Crippen LogP contribution in [0.4, 0.5) is 26.3 Å². The highest BCUT2D eigenvalue weighted by Crippen LogP contribution is 2.41. The van der Waals surface area contributed by atoms with Crippen LogP contribution in [0.3, 0.4) is 0 Å². The molecule has 2 aliphatic heterocycles. The van der Waals surface area contributed by atoms with Gasteiger partial charge in [-0.25, -0.2) is 0 Å². The fourth-order valence-electron chi connectivity index (χ4n) is 5.54. The van der Waals surface area contributed by atoms with Crippen LogP contribution in [0.5, 0.6) is 0 Å². The minimum Gasteiger partial charge on any atom is -0.372 e. The largest absolute Gasteiger partial charge is 0.416 e. The molecule has 4 rings (SSSR count). The maximum atomic E-state index is 13.4. The van der Waals surface area contributed by atoms with E-state index in [1.165, 1.54) is 6.92 Å². The summed E-state index contributed by atoms with van der Waals surface area (Å²) in [6.07, 6.45) is -0.740. The van der Waals surface area contributed by atoms with Gasteiger partial charge in [0, 0.05) is 31.0 Å². The standard InChI is InChI=1S/C27H29F6N3O2/c1-18(19-12-21(26(28,29)30)14-22(13-19)27(31,32)33)38-17-25(20-6-3-2-4-7-20)10-9-24(15-34,16-35-25)36-11-5-8-23(36)37/h2-4,6,12-14,18,20,35H,5,7-11,16-17H2,1H3/t18-,20?,24+,25-/m1/s1. The molecule has 0 bridgehead atoms. The number of alkyl halides is 6. The van der Waals surface area contributed by atoms with Crippen molar-refractivity contribution in [3.05, 3.63) is 59.2 Å². The van der Waals surface area contributed by atoms with Crippen molar-refractivity contribution in [2.24, 2.45) is 5.92 Å². The Hall–Kier alpha value is -2.84. The van der Waals surface area contributed by atoms with Gasteiger partial charge in [0.1, 0.15) is 5.54 Å². The average molecular weight is 542 g/mol. The first-order chi connectivity index (χ1) is 17.8. The van der Waals surface area contributed by atoms with Crippen molar-refractivity contribution in [2.75, 3.05) is 19.7 Å². The van der Waals surface area contributed by atoms with E-state index < -0.39 is 40.7 Å². The Balaban J connectivity index is 1.57. The number of allylic oxidation sites excluding steroid dienone is 3. The van der Waals surface area contributed by atoms with Crippen molar-refractivity contribution in [3.63, 3.8) is 0 Å². The third-order valence-corrected chi connectivity index (χ3v) is 7.88. The maximum Gasteiger partial charge on any atom is 0.416 e. The van der Waals surface area contributed by atoms with Gasteiger partial charge in [-0.1, -0.05) is 24.3 Å². The van der Waals surface area contributed by atoms with Gasteiger partial charge >= 0.3 is 12.4 Å². The van der Waals surface area contributed by atoms with E-state index in [0.717, 1.165) is 0 Å². The minimum atomic E-state index is -4.95. The predicted molar refractivity (Wildman–Crippen MR) is 126 cm³/mol. The fourth-order valence-corrected chi connectivity index (χ4v) is 5.54. The molecule has 3 aliphatic rings. The SMILES string of the molecule is C[C@@H](OC[C@@]1(C2C=CC=CC2)CC[C@@](C#N)(N2CCCC2=O)CN1)c1cc(C(F)(F)F)cc(C(F)(F)F)c1. The Morgan fingerprint density at radius 2 is 1.82 bits per heavy atom. The first-order valence-electron chi connectivity index (χ1n) is 12.5. The molecule has 38 heavy (non-hydrogen) atoms. The number of benzene rings is 1. The summed E-state index contributed by atoms with van der Waals surface area (Å²) in [7, 11) is 0. The van der Waals surface area contributed by atoms with Crippen molar-refractivity contribution in [1.82, 2.24) is 10.2 Å². The van der Waals surface area contributed by atoms with E-state index in [9.17, 15) is 36.4 Å². The Kier molecular flexibility index (Phi) is 7.70. The topological polar surface area (TPSA) is 65.4 Å². The summed E-state index contributed by atoms with van der Waals surface area (Å²) in [6, 6.07) is 3.79. The summed E-state index contributed by atoms with van der Waals surface area (Å²) >= 11 is 0. The van der Waals surface area contributed by atoms with E-state index in [-0.39, 0.29) is 36.6 Å². The number of halogens is 6. The Bertz CT molecular complexity index is 1110. The molecule has 1 aliphatic carbocycles. The first kappa shape index (κ1) is 28.2. The second kappa shape index (κ2) is 10.4. The van der Waals surface area contributed by atoms with Crippen LogP contribution in [-0.2, 0) is 21.9 Å². The summed E-state index contributed by atoms with van der Waals surface area (Å²) in [4.78, 5) is 14.0. The summed E-state index contributed by atoms with van der Waals surface area (Å²) < 4.78 is 86.1. The number of amides is 1. The summed E-state index contributed by atoms with van der Waals surface area (Å²) in [5.74, 6) is -0.158. The Labute approximate surface area is 217 Å². The average Bonchev–Trinajstić information content (AvgIpc) is 3.33. The molecule has 4 atom stereocenters. The van der Waals surface area contributed by atoms with Crippen molar-refractivity contribution in [1.29, 1.82) is 5.26 Å². The molecule has 1 unspecified atom stereocenters. The second-order valence-corrected chi connectivity index (χ2v) is 10.2. The number of carbonyl (C=O) groups is 1. The van der Waals surface area contributed by atoms with Gasteiger partial charge in [0.2, 0.25) is 5.91 Å². The van der Waals surface area contributed by atoms with Crippen LogP contribution in [0, 0.1) is 17.2 Å². The van der Waals surface area contributed by atoms with E-state index in [2.05, 4.69) is 11.4 Å². The molecule has 1 aromatic carbocycles. The smallest absolute Gasteiger partial charge is 0.372 e. The summed E-state index contributed by atoms with van der Waals surface area (Å²) in [5, 5.41) is 13.5. The van der Waals surface area contributed by atoms with Crippen molar-refractivity contribution in [3.8, 4) is 6.07 Å². The molecule has 0 radical (unpaired) electrons. The molecule has 1 amide bonds. The molecule has 11 heteroatoms. The van der Waals surface area contributed by atoms with Gasteiger partial charge in [0.15, 0.2) is 0 Å². The number of rotatable bonds is 6. The van der Waals surface area contributed by atoms with E-state index in [1.54, 1.807) is 4.90 Å². The number of carbonyl (C=O) groups excluding carboxylic acids is 1. The first-order valence-corrected chi connectivity index (χ1v) is 12.5. The highest BCUT2D eigenvalue weighted by Gasteiger charge is 2.51. The van der Waals surface area contributed by atoms with E-state index in [4.69, 9.17) is 4.74 Å². The van der Waals surface area contributed by atoms with Crippen molar-refractivity contribution < 1.29 is 35.9 Å². The third-order valence-electron chi connectivity index (χ3n) is 7.88. The number of piperidine rings is 1. The van der Waals surface area contributed by atoms with E-state index in [0.29, 0.717) is 50.8 Å². The van der Waals surface area contributed by atoms with Crippen LogP contribution >= 0.6 is 0 Å². The lowest BCUT2D eigenvalue weighted by Crippen LogP contribution is -2.67. The van der Waals surface area contributed by atoms with Crippen LogP contribution in [-0.4, -0.2) is 41.6 Å². The molecule has 1 aromatic rings. The molecular formula is C27H29F6N3O2. The van der Waals surface area contributed by atoms with Crippen molar-refractivity contribution >= 4 is 5.91 Å². The zero-order chi connectivity index (χ0) is 27.8. The van der Waals surface area contributed by atoms with E-state index in [1.807, 2.05) is 24.3 Å². The molecule has 5 nitrogen and oxygen atoms in total. The molecule has 206 valence electrons. The van der Waals surface area contributed by atoms with Gasteiger partial charge in [0.05, 0.1) is 29.9 Å². The fraction of sp³-hybridized carbons (Fsp3) is 0.556. The Morgan fingerprint density at radius 1 is 1.13 bits per heavy atom. The van der Waals surface area contributed by atoms with Gasteiger partial charge in [0.25, 0.3) is 0 Å². The molecule has 2 fully saturated rings. The summed E-state index contributed by atoms with van der Waals surface area (Å²) in [6.45, 7) is 2.09. The number of nitrogens with zero attached hydrogens (tertiary/aromatic N) is 2. The molecule has 0 spiro atoms. The lowest BCUT2D eigenvalue weighted by atomic mass is 9.71. The van der Waals surface area contributed by atoms with Gasteiger partial charge in [-0.15, -0.1) is 0 Å². The zero-order valence-electron chi connectivity index (χ0n) is 20.8. The highest BCUT2D eigenvalue weighted by atomic mass is 19.4. The molecule has 2 heterocycles. The quantitative estimate of drug-likeness (QED) is 0.453. The molecular weight excluding hydrogens is 512 g/mol. The lowest BCUT2D eigenvalue weighted by Gasteiger charge is -2.50. The Morgan fingerprint density at radius 3 is 2.29 bits per heavy atom.